The Bertz CT molecular complexity index is 1180. The van der Waals surface area contributed by atoms with Gasteiger partial charge in [0.15, 0.2) is 5.76 Å². The molecule has 0 atom stereocenters. The van der Waals surface area contributed by atoms with Crippen molar-refractivity contribution < 1.29 is 9.32 Å². The molecule has 7 heteroatoms. The smallest absolute Gasteiger partial charge is 0.251 e. The van der Waals surface area contributed by atoms with Crippen LogP contribution in [0.4, 0.5) is 0 Å². The number of nitrogens with zero attached hydrogens (tertiary/aromatic N) is 4. The molecule has 1 aromatic carbocycles. The van der Waals surface area contributed by atoms with Crippen molar-refractivity contribution >= 4 is 5.91 Å². The van der Waals surface area contributed by atoms with Gasteiger partial charge >= 0.3 is 0 Å². The topological polar surface area (TPSA) is 93.8 Å². The fourth-order valence-electron chi connectivity index (χ4n) is 3.13. The number of carbonyl (C=O) groups excluding carboxylic acids is 1. The lowest BCUT2D eigenvalue weighted by molar-refractivity contribution is 0.0951. The monoisotopic (exact) mass is 413 g/mol. The highest BCUT2D eigenvalue weighted by atomic mass is 16.5. The van der Waals surface area contributed by atoms with E-state index in [9.17, 15) is 4.79 Å². The van der Waals surface area contributed by atoms with E-state index in [-0.39, 0.29) is 11.8 Å². The fraction of sp³-hybridized carbons (Fsp3) is 0.208. The molecule has 0 saturated carbocycles. The second-order valence-corrected chi connectivity index (χ2v) is 7.59. The molecular weight excluding hydrogens is 390 g/mol. The van der Waals surface area contributed by atoms with E-state index in [2.05, 4.69) is 34.3 Å². The van der Waals surface area contributed by atoms with Crippen molar-refractivity contribution in [3.63, 3.8) is 0 Å². The SMILES string of the molecule is Cc1cc(-c2cnc(C(C)C)nc2-c2ccc(CNC(=O)c3ccncc3)cc2)on1. The molecule has 3 aromatic heterocycles. The summed E-state index contributed by atoms with van der Waals surface area (Å²) in [6.07, 6.45) is 5.00. The number of aryl methyl sites for hydroxylation is 1. The molecule has 0 unspecified atom stereocenters. The predicted molar refractivity (Wildman–Crippen MR) is 117 cm³/mol. The minimum atomic E-state index is -0.133. The van der Waals surface area contributed by atoms with Crippen LogP contribution in [-0.4, -0.2) is 26.0 Å². The molecule has 1 N–H and O–H groups in total. The van der Waals surface area contributed by atoms with Crippen LogP contribution < -0.4 is 5.32 Å². The number of nitrogens with one attached hydrogen (secondary N) is 1. The third-order valence-corrected chi connectivity index (χ3v) is 4.84. The second kappa shape index (κ2) is 8.87. The van der Waals surface area contributed by atoms with Gasteiger partial charge in [-0.1, -0.05) is 43.3 Å². The fourth-order valence-corrected chi connectivity index (χ4v) is 3.13. The van der Waals surface area contributed by atoms with Gasteiger partial charge in [-0.25, -0.2) is 9.97 Å². The molecule has 0 saturated heterocycles. The summed E-state index contributed by atoms with van der Waals surface area (Å²) in [4.78, 5) is 25.5. The zero-order chi connectivity index (χ0) is 21.8. The first-order chi connectivity index (χ1) is 15.0. The van der Waals surface area contributed by atoms with E-state index < -0.39 is 0 Å². The van der Waals surface area contributed by atoms with Gasteiger partial charge in [0.1, 0.15) is 5.82 Å². The quantitative estimate of drug-likeness (QED) is 0.498. The summed E-state index contributed by atoms with van der Waals surface area (Å²) in [7, 11) is 0. The van der Waals surface area contributed by atoms with Gasteiger partial charge in [-0.3, -0.25) is 9.78 Å². The number of hydrogen-bond donors (Lipinski definition) is 1. The maximum atomic E-state index is 12.2. The van der Waals surface area contributed by atoms with Gasteiger partial charge in [0.2, 0.25) is 0 Å². The lowest BCUT2D eigenvalue weighted by atomic mass is 10.0. The van der Waals surface area contributed by atoms with Crippen LogP contribution in [0.1, 0.15) is 47.2 Å². The highest BCUT2D eigenvalue weighted by Crippen LogP contribution is 2.31. The molecule has 0 aliphatic heterocycles. The Morgan fingerprint density at radius 1 is 1.10 bits per heavy atom. The molecule has 1 amide bonds. The maximum Gasteiger partial charge on any atom is 0.251 e. The van der Waals surface area contributed by atoms with E-state index in [0.29, 0.717) is 17.9 Å². The summed E-state index contributed by atoms with van der Waals surface area (Å²) >= 11 is 0. The molecule has 0 aliphatic carbocycles. The van der Waals surface area contributed by atoms with Crippen molar-refractivity contribution in [2.24, 2.45) is 0 Å². The van der Waals surface area contributed by atoms with Gasteiger partial charge in [-0.2, -0.15) is 0 Å². The van der Waals surface area contributed by atoms with Gasteiger partial charge in [-0.05, 0) is 24.6 Å². The third-order valence-electron chi connectivity index (χ3n) is 4.84. The summed E-state index contributed by atoms with van der Waals surface area (Å²) in [5, 5.41) is 6.91. The van der Waals surface area contributed by atoms with Crippen molar-refractivity contribution in [3.05, 3.63) is 83.7 Å². The van der Waals surface area contributed by atoms with E-state index in [0.717, 1.165) is 33.9 Å². The van der Waals surface area contributed by atoms with E-state index in [1.807, 2.05) is 37.3 Å². The minimum absolute atomic E-state index is 0.133. The van der Waals surface area contributed by atoms with Crippen molar-refractivity contribution in [2.75, 3.05) is 0 Å². The number of carbonyl (C=O) groups is 1. The van der Waals surface area contributed by atoms with Crippen LogP contribution in [-0.2, 0) is 6.54 Å². The molecule has 4 aromatic rings. The molecular formula is C24H23N5O2. The first-order valence-corrected chi connectivity index (χ1v) is 10.1. The first kappa shape index (κ1) is 20.4. The maximum absolute atomic E-state index is 12.2. The highest BCUT2D eigenvalue weighted by molar-refractivity contribution is 5.93. The summed E-state index contributed by atoms with van der Waals surface area (Å²) in [5.74, 6) is 1.47. The summed E-state index contributed by atoms with van der Waals surface area (Å²) in [5.41, 5.74) is 4.90. The number of amides is 1. The number of aromatic nitrogens is 4. The van der Waals surface area contributed by atoms with Gasteiger partial charge in [0.05, 0.1) is 17.0 Å². The Morgan fingerprint density at radius 3 is 2.48 bits per heavy atom. The molecule has 31 heavy (non-hydrogen) atoms. The molecule has 7 nitrogen and oxygen atoms in total. The first-order valence-electron chi connectivity index (χ1n) is 10.1. The summed E-state index contributed by atoms with van der Waals surface area (Å²) < 4.78 is 5.46. The Kier molecular flexibility index (Phi) is 5.84. The molecule has 3 heterocycles. The number of rotatable bonds is 6. The average Bonchev–Trinajstić information content (AvgIpc) is 3.24. The Morgan fingerprint density at radius 2 is 1.84 bits per heavy atom. The van der Waals surface area contributed by atoms with Gasteiger partial charge in [0.25, 0.3) is 5.91 Å². The molecule has 156 valence electrons. The molecule has 0 aliphatic rings. The van der Waals surface area contributed by atoms with Crippen molar-refractivity contribution in [2.45, 2.75) is 33.2 Å². The lowest BCUT2D eigenvalue weighted by Gasteiger charge is -2.11. The van der Waals surface area contributed by atoms with Crippen LogP contribution in [0.5, 0.6) is 0 Å². The van der Waals surface area contributed by atoms with Crippen LogP contribution in [0, 0.1) is 6.92 Å². The van der Waals surface area contributed by atoms with E-state index >= 15 is 0 Å². The van der Waals surface area contributed by atoms with Crippen LogP contribution >= 0.6 is 0 Å². The second-order valence-electron chi connectivity index (χ2n) is 7.59. The number of pyridine rings is 1. The zero-order valence-corrected chi connectivity index (χ0v) is 17.7. The lowest BCUT2D eigenvalue weighted by Crippen LogP contribution is -2.22. The third kappa shape index (κ3) is 4.66. The van der Waals surface area contributed by atoms with Gasteiger partial charge in [-0.15, -0.1) is 0 Å². The summed E-state index contributed by atoms with van der Waals surface area (Å²) in [6.45, 7) is 6.43. The van der Waals surface area contributed by atoms with E-state index in [1.165, 1.54) is 0 Å². The number of hydrogen-bond acceptors (Lipinski definition) is 6. The van der Waals surface area contributed by atoms with Crippen LogP contribution in [0.15, 0.2) is 65.6 Å². The van der Waals surface area contributed by atoms with E-state index in [1.54, 1.807) is 30.7 Å². The van der Waals surface area contributed by atoms with Gasteiger partial charge < -0.3 is 9.84 Å². The van der Waals surface area contributed by atoms with E-state index in [4.69, 9.17) is 9.51 Å². The van der Waals surface area contributed by atoms with Crippen LogP contribution in [0.3, 0.4) is 0 Å². The highest BCUT2D eigenvalue weighted by Gasteiger charge is 2.16. The molecule has 4 rings (SSSR count). The number of benzene rings is 1. The van der Waals surface area contributed by atoms with Crippen LogP contribution in [0.2, 0.25) is 0 Å². The van der Waals surface area contributed by atoms with Crippen molar-refractivity contribution in [1.82, 2.24) is 25.4 Å². The minimum Gasteiger partial charge on any atom is -0.356 e. The van der Waals surface area contributed by atoms with Gasteiger partial charge in [0, 0.05) is 48.2 Å². The zero-order valence-electron chi connectivity index (χ0n) is 17.7. The normalized spacial score (nSPS) is 11.0. The average molecular weight is 413 g/mol. The standard InChI is InChI=1S/C24H23N5O2/c1-15(2)23-26-14-20(21-12-16(3)29-31-21)22(28-23)18-6-4-17(5-7-18)13-27-24(30)19-8-10-25-11-9-19/h4-12,14-15H,13H2,1-3H3,(H,27,30). The molecule has 0 bridgehead atoms. The van der Waals surface area contributed by atoms with Crippen molar-refractivity contribution in [3.8, 4) is 22.6 Å². The Labute approximate surface area is 180 Å². The molecule has 0 spiro atoms. The molecule has 0 fully saturated rings. The van der Waals surface area contributed by atoms with Crippen LogP contribution in [0.25, 0.3) is 22.6 Å². The largest absolute Gasteiger partial charge is 0.356 e. The van der Waals surface area contributed by atoms with Crippen molar-refractivity contribution in [1.29, 1.82) is 0 Å². The Balaban J connectivity index is 1.58. The summed E-state index contributed by atoms with van der Waals surface area (Å²) in [6, 6.07) is 13.2. The Hall–Kier alpha value is -3.87. The molecule has 0 radical (unpaired) electrons. The predicted octanol–water partition coefficient (Wildman–Crippen LogP) is 4.56.